The first-order chi connectivity index (χ1) is 10.9. The molecule has 3 rings (SSSR count). The number of nitrogens with zero attached hydrogens (tertiary/aromatic N) is 1. The van der Waals surface area contributed by atoms with Crippen molar-refractivity contribution < 1.29 is 17.6 Å². The minimum atomic E-state index is -3.85. The van der Waals surface area contributed by atoms with Gasteiger partial charge in [-0.1, -0.05) is 17.7 Å². The highest BCUT2D eigenvalue weighted by atomic mass is 35.5. The Morgan fingerprint density at radius 3 is 2.70 bits per heavy atom. The third-order valence-electron chi connectivity index (χ3n) is 4.14. The quantitative estimate of drug-likeness (QED) is 0.833. The summed E-state index contributed by atoms with van der Waals surface area (Å²) in [5.74, 6) is -2.01. The van der Waals surface area contributed by atoms with Crippen LogP contribution in [0.4, 0.5) is 4.39 Å². The van der Waals surface area contributed by atoms with Crippen LogP contribution in [0, 0.1) is 11.7 Å². The van der Waals surface area contributed by atoms with Crippen LogP contribution in [0.15, 0.2) is 18.2 Å². The Hall–Kier alpha value is -1.22. The first-order valence-corrected chi connectivity index (χ1v) is 9.18. The van der Waals surface area contributed by atoms with Gasteiger partial charge in [-0.05, 0) is 18.6 Å². The number of benzene rings is 1. The van der Waals surface area contributed by atoms with E-state index in [1.807, 2.05) is 0 Å². The van der Waals surface area contributed by atoms with Crippen LogP contribution >= 0.6 is 11.6 Å². The average Bonchev–Trinajstić information content (AvgIpc) is 3.28. The van der Waals surface area contributed by atoms with Crippen molar-refractivity contribution in [2.75, 3.05) is 26.2 Å². The maximum atomic E-state index is 13.9. The van der Waals surface area contributed by atoms with Gasteiger partial charge in [-0.3, -0.25) is 4.79 Å². The molecule has 1 aliphatic carbocycles. The van der Waals surface area contributed by atoms with E-state index in [2.05, 4.69) is 10.0 Å². The van der Waals surface area contributed by atoms with Crippen LogP contribution in [-0.4, -0.2) is 44.8 Å². The number of amides is 1. The minimum Gasteiger partial charge on any atom is -0.314 e. The first-order valence-electron chi connectivity index (χ1n) is 7.36. The zero-order chi connectivity index (χ0) is 16.6. The van der Waals surface area contributed by atoms with Crippen LogP contribution in [0.5, 0.6) is 0 Å². The number of piperazine rings is 1. The zero-order valence-corrected chi connectivity index (χ0v) is 13.8. The Morgan fingerprint density at radius 1 is 1.35 bits per heavy atom. The largest absolute Gasteiger partial charge is 0.314 e. The molecule has 1 heterocycles. The summed E-state index contributed by atoms with van der Waals surface area (Å²) in [6.07, 6.45) is 0.392. The van der Waals surface area contributed by atoms with E-state index < -0.39 is 27.9 Å². The SMILES string of the molecule is O=C(NS(=O)(=O)N1CCNCC1)[C@@H]1C[C@H]1c1c(F)cccc1Cl. The highest BCUT2D eigenvalue weighted by Crippen LogP contribution is 2.50. The molecule has 23 heavy (non-hydrogen) atoms. The van der Waals surface area contributed by atoms with Crippen LogP contribution in [0.25, 0.3) is 0 Å². The van der Waals surface area contributed by atoms with Gasteiger partial charge in [-0.15, -0.1) is 0 Å². The van der Waals surface area contributed by atoms with Gasteiger partial charge < -0.3 is 5.32 Å². The molecule has 0 spiro atoms. The third-order valence-corrected chi connectivity index (χ3v) is 5.98. The van der Waals surface area contributed by atoms with Gasteiger partial charge in [-0.2, -0.15) is 12.7 Å². The van der Waals surface area contributed by atoms with Crippen LogP contribution in [0.2, 0.25) is 5.02 Å². The molecule has 2 atom stereocenters. The van der Waals surface area contributed by atoms with Crippen LogP contribution in [0.1, 0.15) is 17.9 Å². The molecule has 126 valence electrons. The smallest absolute Gasteiger partial charge is 0.303 e. The molecule has 1 saturated heterocycles. The molecule has 2 aliphatic rings. The lowest BCUT2D eigenvalue weighted by atomic mass is 10.1. The molecular formula is C14H17ClFN3O3S. The number of nitrogens with one attached hydrogen (secondary N) is 2. The highest BCUT2D eigenvalue weighted by molar-refractivity contribution is 7.87. The second-order valence-corrected chi connectivity index (χ2v) is 7.78. The van der Waals surface area contributed by atoms with E-state index in [0.29, 0.717) is 32.6 Å². The molecular weight excluding hydrogens is 345 g/mol. The summed E-state index contributed by atoms with van der Waals surface area (Å²) >= 11 is 5.98. The molecule has 0 radical (unpaired) electrons. The molecule has 1 amide bonds. The van der Waals surface area contributed by atoms with E-state index in [-0.39, 0.29) is 16.5 Å². The van der Waals surface area contributed by atoms with Crippen molar-refractivity contribution in [1.29, 1.82) is 0 Å². The molecule has 2 N–H and O–H groups in total. The zero-order valence-electron chi connectivity index (χ0n) is 12.3. The van der Waals surface area contributed by atoms with E-state index in [4.69, 9.17) is 11.6 Å². The topological polar surface area (TPSA) is 78.5 Å². The van der Waals surface area contributed by atoms with Crippen molar-refractivity contribution in [2.24, 2.45) is 5.92 Å². The summed E-state index contributed by atoms with van der Waals surface area (Å²) in [7, 11) is -3.85. The summed E-state index contributed by atoms with van der Waals surface area (Å²) in [5, 5.41) is 3.30. The maximum absolute atomic E-state index is 13.9. The van der Waals surface area contributed by atoms with Gasteiger partial charge in [0.2, 0.25) is 5.91 Å². The van der Waals surface area contributed by atoms with E-state index in [0.717, 1.165) is 0 Å². The van der Waals surface area contributed by atoms with E-state index >= 15 is 0 Å². The summed E-state index contributed by atoms with van der Waals surface area (Å²) in [4.78, 5) is 12.2. The maximum Gasteiger partial charge on any atom is 0.303 e. The van der Waals surface area contributed by atoms with Gasteiger partial charge in [0.25, 0.3) is 0 Å². The molecule has 2 fully saturated rings. The first kappa shape index (κ1) is 16.6. The minimum absolute atomic E-state index is 0.260. The van der Waals surface area contributed by atoms with Crippen LogP contribution < -0.4 is 10.0 Å². The summed E-state index contributed by atoms with van der Waals surface area (Å²) in [6, 6.07) is 4.34. The Labute approximate surface area is 139 Å². The highest BCUT2D eigenvalue weighted by Gasteiger charge is 2.47. The summed E-state index contributed by atoms with van der Waals surface area (Å²) in [6.45, 7) is 1.73. The Kier molecular flexibility index (Phi) is 4.59. The van der Waals surface area contributed by atoms with Crippen molar-refractivity contribution in [2.45, 2.75) is 12.3 Å². The normalized spacial score (nSPS) is 25.1. The summed E-state index contributed by atoms with van der Waals surface area (Å²) in [5.41, 5.74) is 0.286. The van der Waals surface area contributed by atoms with E-state index in [1.165, 1.54) is 16.4 Å². The Balaban J connectivity index is 1.66. The average molecular weight is 362 g/mol. The standard InChI is InChI=1S/C14H17ClFN3O3S/c15-11-2-1-3-12(16)13(11)9-8-10(9)14(20)18-23(21,22)19-6-4-17-5-7-19/h1-3,9-10,17H,4-8H2,(H,18,20)/t9-,10-/m1/s1. The lowest BCUT2D eigenvalue weighted by molar-refractivity contribution is -0.120. The molecule has 1 aromatic carbocycles. The van der Waals surface area contributed by atoms with Crippen molar-refractivity contribution in [1.82, 2.24) is 14.3 Å². The number of halogens is 2. The third kappa shape index (κ3) is 3.50. The Bertz CT molecular complexity index is 702. The monoisotopic (exact) mass is 361 g/mol. The van der Waals surface area contributed by atoms with E-state index in [1.54, 1.807) is 6.07 Å². The molecule has 1 aliphatic heterocycles. The predicted molar refractivity (Wildman–Crippen MR) is 83.8 cm³/mol. The van der Waals surface area contributed by atoms with E-state index in [9.17, 15) is 17.6 Å². The second kappa shape index (κ2) is 6.35. The van der Waals surface area contributed by atoms with Crippen molar-refractivity contribution >= 4 is 27.7 Å². The predicted octanol–water partition coefficient (Wildman–Crippen LogP) is 0.849. The molecule has 6 nitrogen and oxygen atoms in total. The van der Waals surface area contributed by atoms with Crippen LogP contribution in [0.3, 0.4) is 0 Å². The van der Waals surface area contributed by atoms with Gasteiger partial charge in [-0.25, -0.2) is 9.11 Å². The lowest BCUT2D eigenvalue weighted by Crippen LogP contribution is -2.51. The van der Waals surface area contributed by atoms with Crippen molar-refractivity contribution in [3.05, 3.63) is 34.6 Å². The van der Waals surface area contributed by atoms with Gasteiger partial charge >= 0.3 is 10.2 Å². The number of rotatable bonds is 4. The van der Waals surface area contributed by atoms with Crippen molar-refractivity contribution in [3.63, 3.8) is 0 Å². The van der Waals surface area contributed by atoms with Gasteiger partial charge in [0.05, 0.1) is 0 Å². The fourth-order valence-corrected chi connectivity index (χ4v) is 4.32. The fraction of sp³-hybridized carbons (Fsp3) is 0.500. The summed E-state index contributed by atoms with van der Waals surface area (Å²) < 4.78 is 41.5. The van der Waals surface area contributed by atoms with Gasteiger partial charge in [0, 0.05) is 48.6 Å². The number of hydrogen-bond acceptors (Lipinski definition) is 4. The fourth-order valence-electron chi connectivity index (χ4n) is 2.82. The molecule has 9 heteroatoms. The van der Waals surface area contributed by atoms with Gasteiger partial charge in [0.15, 0.2) is 0 Å². The Morgan fingerprint density at radius 2 is 2.04 bits per heavy atom. The lowest BCUT2D eigenvalue weighted by Gasteiger charge is -2.26. The molecule has 1 aromatic rings. The van der Waals surface area contributed by atoms with Crippen molar-refractivity contribution in [3.8, 4) is 0 Å². The number of carbonyl (C=O) groups is 1. The van der Waals surface area contributed by atoms with Crippen LogP contribution in [-0.2, 0) is 15.0 Å². The molecule has 0 bridgehead atoms. The second-order valence-electron chi connectivity index (χ2n) is 5.70. The molecule has 0 aromatic heterocycles. The number of hydrogen-bond donors (Lipinski definition) is 2. The number of carbonyl (C=O) groups excluding carboxylic acids is 1. The molecule has 0 unspecified atom stereocenters. The van der Waals surface area contributed by atoms with Gasteiger partial charge in [0.1, 0.15) is 5.82 Å². The molecule has 1 saturated carbocycles.